The van der Waals surface area contributed by atoms with Gasteiger partial charge in [-0.2, -0.15) is 5.10 Å². The molecule has 5 heteroatoms. The number of hydrogen-bond donors (Lipinski definition) is 0. The number of ether oxygens (including phenoxy) is 2. The van der Waals surface area contributed by atoms with E-state index < -0.39 is 0 Å². The Kier molecular flexibility index (Phi) is 5.04. The number of alkyl halides is 1. The van der Waals surface area contributed by atoms with Crippen LogP contribution in [0.25, 0.3) is 0 Å². The van der Waals surface area contributed by atoms with Crippen LogP contribution in [0.1, 0.15) is 16.8 Å². The predicted molar refractivity (Wildman–Crippen MR) is 79.6 cm³/mol. The number of halogens is 1. The summed E-state index contributed by atoms with van der Waals surface area (Å²) >= 11 is 5.95. The van der Waals surface area contributed by atoms with Crippen molar-refractivity contribution in [2.45, 2.75) is 19.2 Å². The summed E-state index contributed by atoms with van der Waals surface area (Å²) in [6, 6.07) is 7.98. The van der Waals surface area contributed by atoms with Gasteiger partial charge in [-0.25, -0.2) is 4.68 Å². The minimum absolute atomic E-state index is 0.390. The third kappa shape index (κ3) is 3.32. The highest BCUT2D eigenvalue weighted by Crippen LogP contribution is 2.28. The van der Waals surface area contributed by atoms with Crippen LogP contribution in [-0.2, 0) is 24.1 Å². The highest BCUT2D eigenvalue weighted by Gasteiger charge is 2.14. The van der Waals surface area contributed by atoms with Gasteiger partial charge in [-0.15, -0.1) is 11.6 Å². The zero-order valence-corrected chi connectivity index (χ0v) is 12.8. The van der Waals surface area contributed by atoms with Crippen molar-refractivity contribution in [1.82, 2.24) is 9.78 Å². The zero-order chi connectivity index (χ0) is 14.5. The Morgan fingerprint density at radius 3 is 2.55 bits per heavy atom. The maximum absolute atomic E-state index is 5.95. The van der Waals surface area contributed by atoms with E-state index in [1.54, 1.807) is 11.8 Å². The van der Waals surface area contributed by atoms with E-state index in [1.165, 1.54) is 5.56 Å². The molecule has 0 atom stereocenters. The summed E-state index contributed by atoms with van der Waals surface area (Å²) in [6.45, 7) is 2.65. The largest absolute Gasteiger partial charge is 0.439 e. The van der Waals surface area contributed by atoms with Gasteiger partial charge in [0.15, 0.2) is 0 Å². The second-order valence-electron chi connectivity index (χ2n) is 4.62. The first-order valence-electron chi connectivity index (χ1n) is 6.50. The lowest BCUT2D eigenvalue weighted by molar-refractivity contribution is 0.202. The van der Waals surface area contributed by atoms with E-state index in [9.17, 15) is 0 Å². The van der Waals surface area contributed by atoms with E-state index in [0.717, 1.165) is 30.0 Å². The third-order valence-electron chi connectivity index (χ3n) is 3.16. The monoisotopic (exact) mass is 294 g/mol. The number of hydrogen-bond acceptors (Lipinski definition) is 3. The highest BCUT2D eigenvalue weighted by atomic mass is 35.5. The molecule has 0 aliphatic heterocycles. The van der Waals surface area contributed by atoms with E-state index in [1.807, 2.05) is 38.2 Å². The van der Waals surface area contributed by atoms with Crippen LogP contribution in [0.4, 0.5) is 0 Å². The Morgan fingerprint density at radius 2 is 1.95 bits per heavy atom. The van der Waals surface area contributed by atoms with Gasteiger partial charge in [0.05, 0.1) is 23.7 Å². The van der Waals surface area contributed by atoms with Gasteiger partial charge in [-0.3, -0.25) is 0 Å². The summed E-state index contributed by atoms with van der Waals surface area (Å²) in [5.74, 6) is 1.86. The molecular weight excluding hydrogens is 276 g/mol. The minimum Gasteiger partial charge on any atom is -0.439 e. The quantitative estimate of drug-likeness (QED) is 0.766. The maximum atomic E-state index is 5.95. The molecule has 0 saturated carbocycles. The molecule has 0 N–H and O–H groups in total. The third-order valence-corrected chi connectivity index (χ3v) is 3.42. The fourth-order valence-electron chi connectivity index (χ4n) is 2.02. The van der Waals surface area contributed by atoms with Crippen molar-refractivity contribution in [2.75, 3.05) is 13.7 Å². The number of methoxy groups -OCH3 is 1. The van der Waals surface area contributed by atoms with Crippen molar-refractivity contribution in [3.63, 3.8) is 0 Å². The highest BCUT2D eigenvalue weighted by molar-refractivity contribution is 6.17. The van der Waals surface area contributed by atoms with Crippen molar-refractivity contribution in [2.24, 2.45) is 7.05 Å². The first-order valence-corrected chi connectivity index (χ1v) is 7.03. The molecule has 0 amide bonds. The molecule has 2 aromatic rings. The number of rotatable bonds is 6. The van der Waals surface area contributed by atoms with Crippen LogP contribution in [0, 0.1) is 6.92 Å². The number of aromatic nitrogens is 2. The van der Waals surface area contributed by atoms with Gasteiger partial charge in [-0.1, -0.05) is 12.1 Å². The molecular formula is C15H19ClN2O2. The van der Waals surface area contributed by atoms with Crippen LogP contribution >= 0.6 is 11.6 Å². The van der Waals surface area contributed by atoms with E-state index in [4.69, 9.17) is 21.1 Å². The fourth-order valence-corrected chi connectivity index (χ4v) is 2.33. The topological polar surface area (TPSA) is 36.3 Å². The normalized spacial score (nSPS) is 10.8. The average Bonchev–Trinajstić information content (AvgIpc) is 2.72. The van der Waals surface area contributed by atoms with Crippen LogP contribution in [0.3, 0.4) is 0 Å². The van der Waals surface area contributed by atoms with E-state index in [2.05, 4.69) is 5.10 Å². The molecule has 0 bridgehead atoms. The summed E-state index contributed by atoms with van der Waals surface area (Å²) < 4.78 is 12.7. The SMILES string of the molecule is COCCc1ccc(Oc2c(CCl)c(C)nn2C)cc1. The molecule has 0 aliphatic carbocycles. The first kappa shape index (κ1) is 14.9. The molecule has 108 valence electrons. The van der Waals surface area contributed by atoms with Crippen LogP contribution in [-0.4, -0.2) is 23.5 Å². The smallest absolute Gasteiger partial charge is 0.222 e. The molecule has 20 heavy (non-hydrogen) atoms. The van der Waals surface area contributed by atoms with Crippen molar-refractivity contribution < 1.29 is 9.47 Å². The average molecular weight is 295 g/mol. The minimum atomic E-state index is 0.390. The fraction of sp³-hybridized carbons (Fsp3) is 0.400. The molecule has 0 saturated heterocycles. The Morgan fingerprint density at radius 1 is 1.25 bits per heavy atom. The van der Waals surface area contributed by atoms with Gasteiger partial charge in [0.1, 0.15) is 5.75 Å². The number of aryl methyl sites for hydroxylation is 2. The van der Waals surface area contributed by atoms with Crippen LogP contribution < -0.4 is 4.74 Å². The summed E-state index contributed by atoms with van der Waals surface area (Å²) in [5.41, 5.74) is 3.05. The van der Waals surface area contributed by atoms with Crippen molar-refractivity contribution in [3.05, 3.63) is 41.1 Å². The van der Waals surface area contributed by atoms with Gasteiger partial charge in [-0.05, 0) is 31.0 Å². The van der Waals surface area contributed by atoms with Crippen LogP contribution in [0.15, 0.2) is 24.3 Å². The summed E-state index contributed by atoms with van der Waals surface area (Å²) in [5, 5.41) is 4.33. The second kappa shape index (κ2) is 6.77. The molecule has 1 aromatic carbocycles. The van der Waals surface area contributed by atoms with E-state index in [0.29, 0.717) is 11.8 Å². The van der Waals surface area contributed by atoms with E-state index >= 15 is 0 Å². The van der Waals surface area contributed by atoms with Gasteiger partial charge in [0.25, 0.3) is 0 Å². The van der Waals surface area contributed by atoms with E-state index in [-0.39, 0.29) is 0 Å². The van der Waals surface area contributed by atoms with Gasteiger partial charge >= 0.3 is 0 Å². The van der Waals surface area contributed by atoms with Gasteiger partial charge in [0.2, 0.25) is 5.88 Å². The Balaban J connectivity index is 2.14. The first-order chi connectivity index (χ1) is 9.65. The number of nitrogens with zero attached hydrogens (tertiary/aromatic N) is 2. The summed E-state index contributed by atoms with van der Waals surface area (Å²) in [6.07, 6.45) is 0.897. The van der Waals surface area contributed by atoms with Crippen LogP contribution in [0.2, 0.25) is 0 Å². The molecule has 0 aliphatic rings. The van der Waals surface area contributed by atoms with Crippen molar-refractivity contribution >= 4 is 11.6 Å². The van der Waals surface area contributed by atoms with Gasteiger partial charge in [0, 0.05) is 14.2 Å². The zero-order valence-electron chi connectivity index (χ0n) is 12.0. The lowest BCUT2D eigenvalue weighted by Gasteiger charge is -2.08. The Hall–Kier alpha value is -1.52. The predicted octanol–water partition coefficient (Wildman–Crippen LogP) is 3.45. The second-order valence-corrected chi connectivity index (χ2v) is 4.88. The maximum Gasteiger partial charge on any atom is 0.222 e. The van der Waals surface area contributed by atoms with Crippen LogP contribution in [0.5, 0.6) is 11.6 Å². The van der Waals surface area contributed by atoms with Crippen molar-refractivity contribution in [3.8, 4) is 11.6 Å². The number of benzene rings is 1. The molecule has 0 spiro atoms. The lowest BCUT2D eigenvalue weighted by Crippen LogP contribution is -1.97. The molecule has 2 rings (SSSR count). The lowest BCUT2D eigenvalue weighted by atomic mass is 10.1. The Labute approximate surface area is 124 Å². The molecule has 0 fully saturated rings. The molecule has 0 radical (unpaired) electrons. The summed E-state index contributed by atoms with van der Waals surface area (Å²) in [7, 11) is 3.56. The molecule has 1 heterocycles. The molecule has 1 aromatic heterocycles. The summed E-state index contributed by atoms with van der Waals surface area (Å²) in [4.78, 5) is 0. The molecule has 4 nitrogen and oxygen atoms in total. The standard InChI is InChI=1S/C15H19ClN2O2/c1-11-14(10-16)15(18(2)17-11)20-13-6-4-12(5-7-13)8-9-19-3/h4-7H,8-10H2,1-3H3. The Bertz CT molecular complexity index is 564. The van der Waals surface area contributed by atoms with Gasteiger partial charge < -0.3 is 9.47 Å². The molecule has 0 unspecified atom stereocenters. The van der Waals surface area contributed by atoms with Crippen molar-refractivity contribution in [1.29, 1.82) is 0 Å².